The highest BCUT2D eigenvalue weighted by molar-refractivity contribution is 5.83. The zero-order chi connectivity index (χ0) is 12.3. The molecule has 88 valence electrons. The van der Waals surface area contributed by atoms with Crippen molar-refractivity contribution in [3.8, 4) is 5.69 Å². The molecule has 17 heavy (non-hydrogen) atoms. The van der Waals surface area contributed by atoms with Gasteiger partial charge in [0.15, 0.2) is 0 Å². The zero-order valence-corrected chi connectivity index (χ0v) is 9.93. The molecule has 4 heteroatoms. The van der Waals surface area contributed by atoms with E-state index in [0.717, 1.165) is 11.4 Å². The lowest BCUT2D eigenvalue weighted by atomic mass is 10.3. The van der Waals surface area contributed by atoms with Gasteiger partial charge in [-0.2, -0.15) is 4.57 Å². The average Bonchev–Trinajstić information content (AvgIpc) is 2.73. The third kappa shape index (κ3) is 2.20. The van der Waals surface area contributed by atoms with E-state index in [1.54, 1.807) is 13.1 Å². The van der Waals surface area contributed by atoms with Crippen molar-refractivity contribution >= 4 is 5.97 Å². The molecule has 0 fully saturated rings. The summed E-state index contributed by atoms with van der Waals surface area (Å²) in [4.78, 5) is 14.7. The number of carbonyl (C=O) groups excluding carboxylic acids is 1. The van der Waals surface area contributed by atoms with E-state index < -0.39 is 0 Å². The highest BCUT2D eigenvalue weighted by Crippen LogP contribution is 2.04. The number of aryl methyl sites for hydroxylation is 1. The minimum Gasteiger partial charge on any atom is -0.457 e. The van der Waals surface area contributed by atoms with Gasteiger partial charge in [0.05, 0.1) is 6.61 Å². The largest absolute Gasteiger partial charge is 0.457 e. The second-order valence-electron chi connectivity index (χ2n) is 3.67. The fourth-order valence-electron chi connectivity index (χ4n) is 1.74. The molecule has 0 amide bonds. The standard InChI is InChI=1S/C13H14N2O2/c1-3-17-13(16)12-14-9-10(2)15(12)11-7-5-4-6-8-11/h4-9H,3H2,1-2H3/p+1. The van der Waals surface area contributed by atoms with Gasteiger partial charge in [0.25, 0.3) is 0 Å². The highest BCUT2D eigenvalue weighted by atomic mass is 16.5. The molecule has 0 atom stereocenters. The molecule has 0 spiro atoms. The number of benzene rings is 1. The Bertz CT molecular complexity index is 517. The number of aromatic nitrogens is 2. The number of esters is 1. The first kappa shape index (κ1) is 11.4. The molecule has 1 N–H and O–H groups in total. The molecular formula is C13H15N2O2+. The van der Waals surface area contributed by atoms with E-state index in [1.807, 2.05) is 41.8 Å². The number of nitrogens with one attached hydrogen (secondary N) is 1. The van der Waals surface area contributed by atoms with E-state index in [2.05, 4.69) is 4.98 Å². The Hall–Kier alpha value is -2.10. The fourth-order valence-corrected chi connectivity index (χ4v) is 1.74. The summed E-state index contributed by atoms with van der Waals surface area (Å²) < 4.78 is 6.86. The highest BCUT2D eigenvalue weighted by Gasteiger charge is 2.25. The van der Waals surface area contributed by atoms with Crippen LogP contribution in [-0.2, 0) is 4.74 Å². The van der Waals surface area contributed by atoms with Crippen LogP contribution < -0.4 is 4.57 Å². The maximum Gasteiger partial charge on any atom is 0.422 e. The summed E-state index contributed by atoms with van der Waals surface area (Å²) in [5.74, 6) is 0.0972. The van der Waals surface area contributed by atoms with Crippen molar-refractivity contribution in [3.63, 3.8) is 0 Å². The maximum absolute atomic E-state index is 11.8. The van der Waals surface area contributed by atoms with Gasteiger partial charge in [-0.25, -0.2) is 9.78 Å². The van der Waals surface area contributed by atoms with Crippen LogP contribution in [0.1, 0.15) is 23.2 Å². The van der Waals surface area contributed by atoms with Gasteiger partial charge in [-0.3, -0.25) is 0 Å². The Labute approximate surface area is 99.9 Å². The Balaban J connectivity index is 2.47. The van der Waals surface area contributed by atoms with E-state index >= 15 is 0 Å². The first-order valence-electron chi connectivity index (χ1n) is 5.56. The van der Waals surface area contributed by atoms with Crippen molar-refractivity contribution in [2.24, 2.45) is 0 Å². The van der Waals surface area contributed by atoms with E-state index in [0.29, 0.717) is 12.4 Å². The molecule has 1 aromatic carbocycles. The topological polar surface area (TPSA) is 46.0 Å². The lowest BCUT2D eigenvalue weighted by Gasteiger charge is -2.01. The van der Waals surface area contributed by atoms with Gasteiger partial charge in [-0.15, -0.1) is 0 Å². The monoisotopic (exact) mass is 231 g/mol. The molecule has 1 heterocycles. The first-order valence-corrected chi connectivity index (χ1v) is 5.56. The van der Waals surface area contributed by atoms with Crippen molar-refractivity contribution in [3.05, 3.63) is 48.0 Å². The van der Waals surface area contributed by atoms with Gasteiger partial charge in [0.2, 0.25) is 0 Å². The average molecular weight is 231 g/mol. The number of hydrogen-bond donors (Lipinski definition) is 1. The Morgan fingerprint density at radius 2 is 2.06 bits per heavy atom. The number of H-pyrrole nitrogens is 1. The van der Waals surface area contributed by atoms with Crippen LogP contribution in [0.3, 0.4) is 0 Å². The Morgan fingerprint density at radius 3 is 2.71 bits per heavy atom. The molecule has 0 radical (unpaired) electrons. The van der Waals surface area contributed by atoms with Crippen molar-refractivity contribution in [1.82, 2.24) is 4.98 Å². The summed E-state index contributed by atoms with van der Waals surface area (Å²) in [5, 5.41) is 0. The number of rotatable bonds is 3. The molecule has 2 aromatic rings. The molecule has 4 nitrogen and oxygen atoms in total. The van der Waals surface area contributed by atoms with Gasteiger partial charge in [-0.1, -0.05) is 18.2 Å². The minimum atomic E-state index is -0.343. The van der Waals surface area contributed by atoms with Crippen molar-refractivity contribution in [2.75, 3.05) is 6.61 Å². The van der Waals surface area contributed by atoms with E-state index in [4.69, 9.17) is 4.74 Å². The van der Waals surface area contributed by atoms with E-state index in [9.17, 15) is 4.79 Å². The van der Waals surface area contributed by atoms with Crippen LogP contribution in [-0.4, -0.2) is 17.6 Å². The first-order chi connectivity index (χ1) is 8.24. The van der Waals surface area contributed by atoms with Gasteiger partial charge >= 0.3 is 11.8 Å². The Morgan fingerprint density at radius 1 is 1.35 bits per heavy atom. The summed E-state index contributed by atoms with van der Waals surface area (Å²) in [6.07, 6.45) is 1.79. The van der Waals surface area contributed by atoms with E-state index in [1.165, 1.54) is 0 Å². The number of aromatic amines is 1. The summed E-state index contributed by atoms with van der Waals surface area (Å²) >= 11 is 0. The number of carbonyl (C=O) groups is 1. The minimum absolute atomic E-state index is 0.343. The zero-order valence-electron chi connectivity index (χ0n) is 9.93. The molecule has 0 aliphatic rings. The summed E-state index contributed by atoms with van der Waals surface area (Å²) in [5.41, 5.74) is 1.90. The third-order valence-corrected chi connectivity index (χ3v) is 2.48. The molecule has 0 aliphatic heterocycles. The SMILES string of the molecule is CCOC(=O)c1[nH]cc(C)[n+]1-c1ccccc1. The van der Waals surface area contributed by atoms with Crippen LogP contribution in [0.25, 0.3) is 5.69 Å². The molecule has 0 unspecified atom stereocenters. The van der Waals surface area contributed by atoms with Crippen LogP contribution in [0.5, 0.6) is 0 Å². The van der Waals surface area contributed by atoms with Gasteiger partial charge in [0, 0.05) is 6.92 Å². The van der Waals surface area contributed by atoms with Crippen LogP contribution >= 0.6 is 0 Å². The van der Waals surface area contributed by atoms with Gasteiger partial charge in [0.1, 0.15) is 17.6 Å². The quantitative estimate of drug-likeness (QED) is 0.646. The lowest BCUT2D eigenvalue weighted by Crippen LogP contribution is -2.39. The number of ether oxygens (including phenoxy) is 1. The third-order valence-electron chi connectivity index (χ3n) is 2.48. The number of hydrogen-bond acceptors (Lipinski definition) is 2. The van der Waals surface area contributed by atoms with E-state index in [-0.39, 0.29) is 5.97 Å². The molecule has 0 aliphatic carbocycles. The fraction of sp³-hybridized carbons (Fsp3) is 0.231. The summed E-state index contributed by atoms with van der Waals surface area (Å²) in [6, 6.07) is 9.70. The predicted octanol–water partition coefficient (Wildman–Crippen LogP) is 1.78. The van der Waals surface area contributed by atoms with Crippen LogP contribution in [0, 0.1) is 6.92 Å². The van der Waals surface area contributed by atoms with Crippen molar-refractivity contribution in [1.29, 1.82) is 0 Å². The van der Waals surface area contributed by atoms with Gasteiger partial charge < -0.3 is 4.74 Å². The number of para-hydroxylation sites is 1. The molecule has 0 saturated carbocycles. The normalized spacial score (nSPS) is 10.2. The Kier molecular flexibility index (Phi) is 3.23. The number of nitrogens with zero attached hydrogens (tertiary/aromatic N) is 1. The smallest absolute Gasteiger partial charge is 0.422 e. The second kappa shape index (κ2) is 4.82. The number of imidazole rings is 1. The molecule has 0 saturated heterocycles. The summed E-state index contributed by atoms with van der Waals surface area (Å²) in [7, 11) is 0. The molecular weight excluding hydrogens is 216 g/mol. The van der Waals surface area contributed by atoms with Gasteiger partial charge in [-0.05, 0) is 19.1 Å². The molecule has 1 aromatic heterocycles. The maximum atomic E-state index is 11.8. The molecule has 0 bridgehead atoms. The van der Waals surface area contributed by atoms with Crippen LogP contribution in [0.15, 0.2) is 36.5 Å². The summed E-state index contributed by atoms with van der Waals surface area (Å²) in [6.45, 7) is 4.10. The predicted molar refractivity (Wildman–Crippen MR) is 63.0 cm³/mol. The lowest BCUT2D eigenvalue weighted by molar-refractivity contribution is -0.604. The van der Waals surface area contributed by atoms with Crippen molar-refractivity contribution < 1.29 is 14.1 Å². The van der Waals surface area contributed by atoms with Crippen molar-refractivity contribution in [2.45, 2.75) is 13.8 Å². The second-order valence-corrected chi connectivity index (χ2v) is 3.67. The van der Waals surface area contributed by atoms with Crippen LogP contribution in [0.4, 0.5) is 0 Å². The molecule has 2 rings (SSSR count). The van der Waals surface area contributed by atoms with Crippen LogP contribution in [0.2, 0.25) is 0 Å².